The number of hydrogen-bond acceptors (Lipinski definition) is 5. The first kappa shape index (κ1) is 27.7. The van der Waals surface area contributed by atoms with Crippen LogP contribution in [0.15, 0.2) is 92.6 Å². The molecule has 1 spiro atoms. The summed E-state index contributed by atoms with van der Waals surface area (Å²) in [6, 6.07) is 11.0. The third-order valence-corrected chi connectivity index (χ3v) is 8.28. The maximum absolute atomic E-state index is 13.3. The van der Waals surface area contributed by atoms with Crippen LogP contribution in [0.5, 0.6) is 17.2 Å². The number of ether oxygens (including phenoxy) is 3. The number of nitrogens with zero attached hydrogens (tertiary/aromatic N) is 1. The van der Waals surface area contributed by atoms with E-state index in [0.717, 1.165) is 24.2 Å². The number of fused-ring (bicyclic) bond motifs is 4. The van der Waals surface area contributed by atoms with E-state index >= 15 is 0 Å². The molecule has 0 radical (unpaired) electrons. The fraction of sp³-hybridized carbons (Fsp3) is 0.233. The third-order valence-electron chi connectivity index (χ3n) is 6.65. The fourth-order valence-electron chi connectivity index (χ4n) is 4.84. The normalized spacial score (nSPS) is 20.2. The van der Waals surface area contributed by atoms with Crippen molar-refractivity contribution in [3.63, 3.8) is 0 Å². The van der Waals surface area contributed by atoms with Crippen molar-refractivity contribution in [3.05, 3.63) is 104 Å². The lowest BCUT2D eigenvalue weighted by atomic mass is 9.82. The summed E-state index contributed by atoms with van der Waals surface area (Å²) < 4.78 is 18.4. The van der Waals surface area contributed by atoms with Crippen LogP contribution in [-0.4, -0.2) is 19.1 Å². The predicted molar refractivity (Wildman–Crippen MR) is 157 cm³/mol. The number of anilines is 1. The summed E-state index contributed by atoms with van der Waals surface area (Å²) in [6.45, 7) is 7.46. The van der Waals surface area contributed by atoms with Crippen LogP contribution in [-0.2, 0) is 15.1 Å². The van der Waals surface area contributed by atoms with E-state index in [4.69, 9.17) is 60.6 Å². The summed E-state index contributed by atoms with van der Waals surface area (Å²) in [7, 11) is 1.98. The Balaban J connectivity index is 1.72. The Hall–Kier alpha value is -2.83. The van der Waals surface area contributed by atoms with Gasteiger partial charge in [-0.15, -0.1) is 0 Å². The van der Waals surface area contributed by atoms with Gasteiger partial charge in [-0.3, -0.25) is 0 Å². The van der Waals surface area contributed by atoms with E-state index in [9.17, 15) is 4.79 Å². The SMILES string of the molecule is C=C(Cl)/C(Cl)=C(/Cl)C1=C(Cl)C2(OC1=O)c1ccc(OC(C)C)cc1Oc1cc(N(C)C3=CCCC=C3)ccc12. The number of hydrogen-bond donors (Lipinski definition) is 0. The van der Waals surface area contributed by atoms with Crippen molar-refractivity contribution in [2.24, 2.45) is 0 Å². The van der Waals surface area contributed by atoms with Gasteiger partial charge in [0.05, 0.1) is 31.8 Å². The van der Waals surface area contributed by atoms with Crippen LogP contribution in [0, 0.1) is 0 Å². The third kappa shape index (κ3) is 4.76. The van der Waals surface area contributed by atoms with Gasteiger partial charge in [-0.2, -0.15) is 0 Å². The second-order valence-corrected chi connectivity index (χ2v) is 11.2. The number of carbonyl (C=O) groups is 1. The summed E-state index contributed by atoms with van der Waals surface area (Å²) in [5, 5.41) is -0.241. The molecule has 1 unspecified atom stereocenters. The van der Waals surface area contributed by atoms with Crippen molar-refractivity contribution in [2.75, 3.05) is 11.9 Å². The molecular formula is C30H25Cl4NO4. The van der Waals surface area contributed by atoms with Crippen LogP contribution < -0.4 is 14.4 Å². The van der Waals surface area contributed by atoms with Gasteiger partial charge in [-0.05, 0) is 57.0 Å². The summed E-state index contributed by atoms with van der Waals surface area (Å²) in [5.41, 5.74) is 1.38. The Labute approximate surface area is 247 Å². The molecule has 0 amide bonds. The molecule has 0 N–H and O–H groups in total. The van der Waals surface area contributed by atoms with Crippen LogP contribution >= 0.6 is 46.4 Å². The number of likely N-dealkylation sites (N-methyl/N-ethyl adjacent to an activating group) is 1. The van der Waals surface area contributed by atoms with Gasteiger partial charge in [0.2, 0.25) is 5.60 Å². The van der Waals surface area contributed by atoms with Crippen LogP contribution in [0.2, 0.25) is 0 Å². The molecular weight excluding hydrogens is 580 g/mol. The van der Waals surface area contributed by atoms with Crippen molar-refractivity contribution >= 4 is 58.1 Å². The summed E-state index contributed by atoms with van der Waals surface area (Å²) >= 11 is 25.8. The minimum absolute atomic E-state index is 0.0330. The second kappa shape index (κ2) is 10.6. The van der Waals surface area contributed by atoms with Crippen molar-refractivity contribution in [3.8, 4) is 17.2 Å². The van der Waals surface area contributed by atoms with Crippen molar-refractivity contribution in [1.29, 1.82) is 0 Å². The first-order chi connectivity index (χ1) is 18.5. The second-order valence-electron chi connectivity index (χ2n) is 9.57. The molecule has 5 nitrogen and oxygen atoms in total. The highest BCUT2D eigenvalue weighted by Crippen LogP contribution is 2.59. The molecule has 2 aromatic rings. The maximum atomic E-state index is 13.3. The molecule has 1 atom stereocenters. The molecule has 2 aromatic carbocycles. The zero-order chi connectivity index (χ0) is 28.1. The maximum Gasteiger partial charge on any atom is 0.342 e. The molecule has 5 rings (SSSR count). The number of rotatable bonds is 6. The first-order valence-electron chi connectivity index (χ1n) is 12.3. The van der Waals surface area contributed by atoms with Gasteiger partial charge in [0, 0.05) is 41.7 Å². The molecule has 0 fully saturated rings. The largest absolute Gasteiger partial charge is 0.491 e. The van der Waals surface area contributed by atoms with E-state index in [1.54, 1.807) is 18.2 Å². The standard InChI is InChI=1S/C30H25Cl4NO4/c1-16(2)37-20-11-13-22-24(15-20)38-23-14-19(35(4)18-8-6-5-7-9-18)10-12-21(23)30(22)28(34)25(29(36)39-30)27(33)26(32)17(3)31/h6,8-16H,3,5,7H2,1-2,4H3/b27-26-. The number of halogens is 4. The number of carbonyl (C=O) groups excluding carboxylic acids is 1. The van der Waals surface area contributed by atoms with Gasteiger partial charge < -0.3 is 19.1 Å². The number of benzene rings is 2. The Bertz CT molecular complexity index is 1520. The van der Waals surface area contributed by atoms with Gasteiger partial charge >= 0.3 is 5.97 Å². The molecule has 2 aliphatic heterocycles. The zero-order valence-corrected chi connectivity index (χ0v) is 24.5. The van der Waals surface area contributed by atoms with Gasteiger partial charge in [-0.25, -0.2) is 4.79 Å². The van der Waals surface area contributed by atoms with Crippen LogP contribution in [0.25, 0.3) is 0 Å². The molecule has 0 bridgehead atoms. The quantitative estimate of drug-likeness (QED) is 0.243. The van der Waals surface area contributed by atoms with E-state index in [-0.39, 0.29) is 31.8 Å². The molecule has 3 aliphatic rings. The van der Waals surface area contributed by atoms with Crippen LogP contribution in [0.3, 0.4) is 0 Å². The molecule has 39 heavy (non-hydrogen) atoms. The fourth-order valence-corrected chi connectivity index (χ4v) is 5.83. The smallest absolute Gasteiger partial charge is 0.342 e. The summed E-state index contributed by atoms with van der Waals surface area (Å²) in [5.74, 6) is 0.740. The first-order valence-corrected chi connectivity index (χ1v) is 13.8. The molecule has 9 heteroatoms. The molecule has 0 saturated heterocycles. The molecule has 0 saturated carbocycles. The van der Waals surface area contributed by atoms with E-state index < -0.39 is 11.6 Å². The lowest BCUT2D eigenvalue weighted by Gasteiger charge is -2.37. The van der Waals surface area contributed by atoms with Crippen molar-refractivity contribution < 1.29 is 19.0 Å². The number of esters is 1. The van der Waals surface area contributed by atoms with Crippen LogP contribution in [0.1, 0.15) is 37.8 Å². The zero-order valence-electron chi connectivity index (χ0n) is 21.5. The average molecular weight is 605 g/mol. The van der Waals surface area contributed by atoms with E-state index in [1.165, 1.54) is 0 Å². The molecule has 1 aliphatic carbocycles. The minimum Gasteiger partial charge on any atom is -0.491 e. The van der Waals surface area contributed by atoms with Crippen molar-refractivity contribution in [1.82, 2.24) is 0 Å². The Kier molecular flexibility index (Phi) is 7.55. The lowest BCUT2D eigenvalue weighted by Crippen LogP contribution is -2.33. The Morgan fingerprint density at radius 2 is 1.77 bits per heavy atom. The number of allylic oxidation sites excluding steroid dienone is 5. The lowest BCUT2D eigenvalue weighted by molar-refractivity contribution is -0.144. The highest BCUT2D eigenvalue weighted by Gasteiger charge is 2.55. The summed E-state index contributed by atoms with van der Waals surface area (Å²) in [4.78, 5) is 15.4. The molecule has 2 heterocycles. The van der Waals surface area contributed by atoms with Gasteiger partial charge in [0.25, 0.3) is 0 Å². The van der Waals surface area contributed by atoms with Gasteiger partial charge in [0.1, 0.15) is 17.2 Å². The van der Waals surface area contributed by atoms with Crippen molar-refractivity contribution in [2.45, 2.75) is 38.4 Å². The molecule has 202 valence electrons. The highest BCUT2D eigenvalue weighted by atomic mass is 35.5. The van der Waals surface area contributed by atoms with E-state index in [0.29, 0.717) is 28.4 Å². The van der Waals surface area contributed by atoms with Gasteiger partial charge in [-0.1, -0.05) is 65.1 Å². The van der Waals surface area contributed by atoms with Gasteiger partial charge in [0.15, 0.2) is 0 Å². The average Bonchev–Trinajstić information content (AvgIpc) is 3.17. The topological polar surface area (TPSA) is 48.0 Å². The minimum atomic E-state index is -1.53. The predicted octanol–water partition coefficient (Wildman–Crippen LogP) is 8.98. The van der Waals surface area contributed by atoms with Crippen LogP contribution in [0.4, 0.5) is 5.69 Å². The van der Waals surface area contributed by atoms with E-state index in [1.807, 2.05) is 39.1 Å². The Morgan fingerprint density at radius 3 is 2.41 bits per heavy atom. The highest BCUT2D eigenvalue weighted by molar-refractivity contribution is 6.50. The summed E-state index contributed by atoms with van der Waals surface area (Å²) in [6.07, 6.45) is 8.34. The van der Waals surface area contributed by atoms with E-state index in [2.05, 4.69) is 29.7 Å². The molecule has 0 aromatic heterocycles. The monoisotopic (exact) mass is 603 g/mol. The Morgan fingerprint density at radius 1 is 1.08 bits per heavy atom.